The quantitative estimate of drug-likeness (QED) is 0.124. The largest absolute Gasteiger partial charge is 0.508 e. The van der Waals surface area contributed by atoms with Crippen molar-refractivity contribution in [3.8, 4) is 11.5 Å². The van der Waals surface area contributed by atoms with Crippen molar-refractivity contribution in [1.29, 1.82) is 0 Å². The molecule has 0 saturated carbocycles. The summed E-state index contributed by atoms with van der Waals surface area (Å²) in [5, 5.41) is 28.8. The first-order valence-electron chi connectivity index (χ1n) is 25.0. The molecule has 2 aromatic carbocycles. The lowest BCUT2D eigenvalue weighted by Crippen LogP contribution is -2.45. The van der Waals surface area contributed by atoms with Gasteiger partial charge in [-0.05, 0) is 184 Å². The number of anilines is 2. The van der Waals surface area contributed by atoms with Gasteiger partial charge in [-0.2, -0.15) is 0 Å². The number of carbonyl (C=O) groups excluding carboxylic acids is 6. The molecule has 6 amide bonds. The molecule has 0 bridgehead atoms. The van der Waals surface area contributed by atoms with Crippen molar-refractivity contribution >= 4 is 47.6 Å². The minimum absolute atomic E-state index is 0.0904. The van der Waals surface area contributed by atoms with Crippen LogP contribution in [0.3, 0.4) is 0 Å². The number of fused-ring (bicyclic) bond motifs is 2. The number of aliphatic hydroxyl groups excluding tert-OH is 1. The smallest absolute Gasteiger partial charge is 0.408 e. The number of phenols is 1. The van der Waals surface area contributed by atoms with Crippen molar-refractivity contribution in [3.05, 3.63) is 47.5 Å². The molecule has 4 heterocycles. The summed E-state index contributed by atoms with van der Waals surface area (Å²) in [6, 6.07) is 9.35. The molecule has 6 rings (SSSR count). The van der Waals surface area contributed by atoms with Crippen molar-refractivity contribution in [1.82, 2.24) is 20.4 Å². The Bertz CT molecular complexity index is 2060. The molecule has 0 radical (unpaired) electrons. The van der Waals surface area contributed by atoms with E-state index in [-0.39, 0.29) is 17.6 Å². The summed E-state index contributed by atoms with van der Waals surface area (Å²) in [5.74, 6) is 0.286. The normalized spacial score (nSPS) is 17.8. The van der Waals surface area contributed by atoms with Gasteiger partial charge < -0.3 is 71.5 Å². The summed E-state index contributed by atoms with van der Waals surface area (Å²) in [5.41, 5.74) is 10.6. The third-order valence-electron chi connectivity index (χ3n) is 10.4. The van der Waals surface area contributed by atoms with E-state index in [4.69, 9.17) is 30.8 Å². The Morgan fingerprint density at radius 3 is 1.36 bits per heavy atom. The molecule has 73 heavy (non-hydrogen) atoms. The van der Waals surface area contributed by atoms with Gasteiger partial charge in [-0.25, -0.2) is 19.2 Å². The molecule has 412 valence electrons. The zero-order chi connectivity index (χ0) is 55.2. The number of carbonyl (C=O) groups is 6. The number of nitrogens with zero attached hydrogens (tertiary/aromatic N) is 2. The molecule has 10 N–H and O–H groups in total. The number of amides is 6. The van der Waals surface area contributed by atoms with Gasteiger partial charge in [-0.3, -0.25) is 14.5 Å². The number of rotatable bonds is 8. The third kappa shape index (κ3) is 28.7. The molecule has 0 spiro atoms. The van der Waals surface area contributed by atoms with Gasteiger partial charge in [-0.1, -0.05) is 12.1 Å². The van der Waals surface area contributed by atoms with Gasteiger partial charge in [0.2, 0.25) is 11.8 Å². The van der Waals surface area contributed by atoms with E-state index in [2.05, 4.69) is 40.5 Å². The number of benzene rings is 2. The molecule has 2 saturated heterocycles. The number of phenolic OH excluding ortho intramolecular Hbond substituents is 1. The molecule has 2 aromatic rings. The molecule has 0 unspecified atom stereocenters. The number of aromatic hydroxyl groups is 1. The molecule has 4 aliphatic rings. The van der Waals surface area contributed by atoms with E-state index in [9.17, 15) is 33.9 Å². The second-order valence-corrected chi connectivity index (χ2v) is 21.9. The van der Waals surface area contributed by atoms with E-state index in [1.165, 1.54) is 44.8 Å². The highest BCUT2D eigenvalue weighted by Gasteiger charge is 2.29. The number of nitrogens with one attached hydrogen (secondary N) is 4. The van der Waals surface area contributed by atoms with Crippen molar-refractivity contribution in [2.75, 3.05) is 63.1 Å². The van der Waals surface area contributed by atoms with Crippen LogP contribution in [-0.4, -0.2) is 143 Å². The summed E-state index contributed by atoms with van der Waals surface area (Å²) in [4.78, 5) is 73.2. The zero-order valence-corrected chi connectivity index (χ0v) is 45.4. The van der Waals surface area contributed by atoms with Gasteiger partial charge in [0.25, 0.3) is 0 Å². The Morgan fingerprint density at radius 2 is 0.986 bits per heavy atom. The zero-order valence-electron chi connectivity index (χ0n) is 45.4. The number of aryl methyl sites for hydroxylation is 2. The van der Waals surface area contributed by atoms with E-state index < -0.39 is 58.9 Å². The second kappa shape index (κ2) is 29.6. The van der Waals surface area contributed by atoms with Gasteiger partial charge in [0.05, 0.1) is 6.61 Å². The van der Waals surface area contributed by atoms with Crippen LogP contribution >= 0.6 is 0 Å². The van der Waals surface area contributed by atoms with Crippen LogP contribution in [0, 0.1) is 0 Å². The Kier molecular flexibility index (Phi) is 25.6. The molecule has 0 aliphatic carbocycles. The van der Waals surface area contributed by atoms with E-state index >= 15 is 0 Å². The number of alkyl carbamates (subject to hydrolysis) is 2. The predicted octanol–water partition coefficient (Wildman–Crippen LogP) is 6.94. The summed E-state index contributed by atoms with van der Waals surface area (Å²) in [6.45, 7) is 28.7. The molecule has 2 atom stereocenters. The van der Waals surface area contributed by atoms with Crippen LogP contribution in [0.15, 0.2) is 36.4 Å². The second-order valence-electron chi connectivity index (χ2n) is 21.9. The van der Waals surface area contributed by atoms with Crippen molar-refractivity contribution in [2.45, 2.75) is 169 Å². The highest BCUT2D eigenvalue weighted by Crippen LogP contribution is 2.28. The van der Waals surface area contributed by atoms with Gasteiger partial charge in [0.15, 0.2) is 0 Å². The summed E-state index contributed by atoms with van der Waals surface area (Å²) >= 11 is 0. The topological polar surface area (TPSA) is 296 Å². The standard InChI is InChI=1S/C21H31N3O4.C15H20N2O4.C6H13NO.2C5H11NO2/c1-21(2,3)28-20(26)23-17-9-7-15-6-8-16(14-18(15)22-19(17)25)27-13-12-24-10-4-5-11-24;1-15(2,3)21-14(20)17-11-7-5-9-4-6-10(18)8-12(9)16-13(11)19;8-6-5-7-3-1-2-4-7;2*1-5(2,3)8-4(6)7/h6,8,14,17H,4-5,7,9-13H2,1-3H3,(H,22,25)(H,23,26);4,6,8,11,18H,5,7H2,1-3H3,(H,16,19)(H,17,20);8H,1-6H2;2*1-3H3,(H2,6,7)/t17-;11-;;;/m00.../s1. The fourth-order valence-electron chi connectivity index (χ4n) is 7.41. The maximum atomic E-state index is 12.5. The lowest BCUT2D eigenvalue weighted by molar-refractivity contribution is -0.118. The SMILES string of the molecule is CC(C)(C)OC(=O)N[C@H]1CCc2ccc(O)cc2NC1=O.CC(C)(C)OC(=O)N[C@H]1CCc2ccc(OCCN3CCCC3)cc2NC1=O.CC(C)(C)OC(N)=O.CC(C)(C)OC(N)=O.OCCN1CCCC1. The van der Waals surface area contributed by atoms with Gasteiger partial charge >= 0.3 is 24.4 Å². The van der Waals surface area contributed by atoms with Crippen LogP contribution in [0.1, 0.15) is 133 Å². The minimum atomic E-state index is -0.725. The fraction of sp³-hybridized carbons (Fsp3) is 0.654. The average molecular weight is 1030 g/mol. The minimum Gasteiger partial charge on any atom is -0.508 e. The number of hydrogen-bond donors (Lipinski definition) is 8. The van der Waals surface area contributed by atoms with Crippen LogP contribution in [0.4, 0.5) is 30.6 Å². The van der Waals surface area contributed by atoms with E-state index in [0.29, 0.717) is 44.6 Å². The maximum Gasteiger partial charge on any atom is 0.408 e. The lowest BCUT2D eigenvalue weighted by atomic mass is 10.1. The van der Waals surface area contributed by atoms with Crippen LogP contribution in [-0.2, 0) is 41.4 Å². The predicted molar refractivity (Wildman–Crippen MR) is 280 cm³/mol. The number of nitrogens with two attached hydrogens (primary N) is 2. The Morgan fingerprint density at radius 1 is 0.603 bits per heavy atom. The van der Waals surface area contributed by atoms with Crippen molar-refractivity contribution in [3.63, 3.8) is 0 Å². The van der Waals surface area contributed by atoms with Crippen molar-refractivity contribution < 1.29 is 62.7 Å². The van der Waals surface area contributed by atoms with E-state index in [1.54, 1.807) is 95.2 Å². The number of primary amides is 2. The molecular weight excluding hydrogens is 945 g/mol. The van der Waals surface area contributed by atoms with Crippen LogP contribution < -0.4 is 37.5 Å². The number of ether oxygens (including phenoxy) is 5. The first-order valence-corrected chi connectivity index (χ1v) is 25.0. The fourth-order valence-corrected chi connectivity index (χ4v) is 7.41. The van der Waals surface area contributed by atoms with Crippen molar-refractivity contribution in [2.24, 2.45) is 11.5 Å². The van der Waals surface area contributed by atoms with Crippen LogP contribution in [0.25, 0.3) is 0 Å². The Hall–Kier alpha value is -6.06. The third-order valence-corrected chi connectivity index (χ3v) is 10.4. The van der Waals surface area contributed by atoms with E-state index in [0.717, 1.165) is 48.7 Å². The molecule has 21 heteroatoms. The molecule has 2 fully saturated rings. The molecule has 0 aromatic heterocycles. The molecule has 21 nitrogen and oxygen atoms in total. The van der Waals surface area contributed by atoms with Crippen LogP contribution in [0.2, 0.25) is 0 Å². The Balaban J connectivity index is 0.000000352. The number of hydrogen-bond acceptors (Lipinski definition) is 15. The summed E-state index contributed by atoms with van der Waals surface area (Å²) in [7, 11) is 0. The maximum absolute atomic E-state index is 12.5. The lowest BCUT2D eigenvalue weighted by Gasteiger charge is -2.22. The van der Waals surface area contributed by atoms with Gasteiger partial charge in [0, 0.05) is 36.6 Å². The number of likely N-dealkylation sites (tertiary alicyclic amines) is 2. The summed E-state index contributed by atoms with van der Waals surface area (Å²) < 4.78 is 25.4. The first-order chi connectivity index (χ1) is 33.8. The van der Waals surface area contributed by atoms with Gasteiger partial charge in [-0.15, -0.1) is 0 Å². The highest BCUT2D eigenvalue weighted by atomic mass is 16.6. The van der Waals surface area contributed by atoms with E-state index in [1.807, 2.05) is 18.2 Å². The van der Waals surface area contributed by atoms with Gasteiger partial charge in [0.1, 0.15) is 52.6 Å². The summed E-state index contributed by atoms with van der Waals surface area (Å²) in [6.07, 6.45) is 4.83. The molecular formula is C52H86N8O13. The van der Waals surface area contributed by atoms with Crippen LogP contribution in [0.5, 0.6) is 11.5 Å². The average Bonchev–Trinajstić information content (AvgIpc) is 3.90. The number of aliphatic hydroxyl groups is 1. The number of β-amino-alcohol motifs (C(OH)–C–C–N with tert-alkyl or cyclic N) is 1. The first kappa shape index (κ1) is 63.1. The Labute approximate surface area is 432 Å². The highest BCUT2D eigenvalue weighted by molar-refractivity contribution is 5.99. The monoisotopic (exact) mass is 1030 g/mol. The molecule has 4 aliphatic heterocycles.